The molecule has 6 saturated heterocycles. The molecule has 0 saturated carbocycles. The molecule has 0 radical (unpaired) electrons. The van der Waals surface area contributed by atoms with E-state index < -0.39 is 231 Å². The number of carbonyl (C=O) groups is 1. The predicted octanol–water partition coefficient (Wildman–Crippen LogP) is -12.8. The number of carbonyl (C=O) groups excluding carboxylic acids is 1. The highest BCUT2D eigenvalue weighted by atomic mass is 31.2. The Bertz CT molecular complexity index is 1890. The minimum Gasteiger partial charge on any atom is -0.394 e. The van der Waals surface area contributed by atoms with Gasteiger partial charge in [0.15, 0.2) is 37.7 Å². The first-order valence-electron chi connectivity index (χ1n) is 24.6. The molecule has 36 nitrogen and oxygen atoms in total. The molecule has 0 spiro atoms. The van der Waals surface area contributed by atoms with Crippen molar-refractivity contribution in [2.75, 3.05) is 39.6 Å². The van der Waals surface area contributed by atoms with E-state index in [1.54, 1.807) is 6.92 Å². The van der Waals surface area contributed by atoms with E-state index in [1.807, 2.05) is 5.43 Å². The second-order valence-corrected chi connectivity index (χ2v) is 20.4. The molecule has 0 aromatic heterocycles. The van der Waals surface area contributed by atoms with Crippen LogP contribution in [0.4, 0.5) is 0 Å². The number of aliphatic hydroxyl groups excluding tert-OH is 17. The molecule has 22 N–H and O–H groups in total. The van der Waals surface area contributed by atoms with Crippen LogP contribution in [-0.4, -0.2) is 326 Å². The number of nitrogens with one attached hydrogen (secondary N) is 1. The van der Waals surface area contributed by atoms with Crippen molar-refractivity contribution in [3.63, 3.8) is 0 Å². The fraction of sp³-hybridized carbons (Fsp3) is 0.976. The standard InChI is InChI=1S/C41H73N2O34P/c1-2-11-18(47)24(53)30(59)38(69-11)76-34-27(56)19(48)12(6-44)70-40(34)67-8-14-21(50)25(54)29(58)36(72-14)66-9-15-23(52)33(32(61)37(73-15)65-5-3-4-17(46)43-42)75-41-35(28(57)20(49)13(7-45)71-41)77-39-31(60)26(55)22(51)16(74-39)10-68-78(62,63)64/h11-16,18-41,44-45,47-61H,2-10,42H2,1H3,(H,43,46)(H2,62,63,64)/t11?,12?,13?,14?,15?,16?,18-,19-,20-,21-,22-,23-,24-,25-,26-,27-,28-,29?,30?,31?,32?,33-,34?,35?,36+,37+,38-,39-,40+,41-/m0/s1. The summed E-state index contributed by atoms with van der Waals surface area (Å²) in [7, 11) is -5.20. The molecule has 12 unspecified atom stereocenters. The van der Waals surface area contributed by atoms with Gasteiger partial charge in [0.25, 0.3) is 0 Å². The van der Waals surface area contributed by atoms with Crippen LogP contribution >= 0.6 is 7.82 Å². The molecule has 6 aliphatic rings. The van der Waals surface area contributed by atoms with E-state index in [0.717, 1.165) is 0 Å². The zero-order chi connectivity index (χ0) is 57.7. The van der Waals surface area contributed by atoms with Gasteiger partial charge in [-0.05, 0) is 12.8 Å². The molecule has 456 valence electrons. The Morgan fingerprint density at radius 3 is 1.33 bits per heavy atom. The Morgan fingerprint density at radius 2 is 0.833 bits per heavy atom. The maximum Gasteiger partial charge on any atom is 0.469 e. The van der Waals surface area contributed by atoms with Crippen LogP contribution in [0.2, 0.25) is 0 Å². The topological polar surface area (TPSA) is 577 Å². The van der Waals surface area contributed by atoms with Crippen molar-refractivity contribution in [2.24, 2.45) is 5.84 Å². The predicted molar refractivity (Wildman–Crippen MR) is 239 cm³/mol. The Morgan fingerprint density at radius 1 is 0.449 bits per heavy atom. The van der Waals surface area contributed by atoms with Crippen LogP contribution in [0.3, 0.4) is 0 Å². The van der Waals surface area contributed by atoms with Crippen molar-refractivity contribution in [1.29, 1.82) is 0 Å². The van der Waals surface area contributed by atoms with Crippen LogP contribution in [0, 0.1) is 0 Å². The molecular formula is C41H73N2O34P. The number of ether oxygens (including phenoxy) is 12. The van der Waals surface area contributed by atoms with Crippen LogP contribution in [0.5, 0.6) is 0 Å². The van der Waals surface area contributed by atoms with Crippen LogP contribution in [-0.2, 0) is 70.7 Å². The average molecular weight is 1170 g/mol. The van der Waals surface area contributed by atoms with E-state index in [1.165, 1.54) is 0 Å². The minimum absolute atomic E-state index is 0.0487. The monoisotopic (exact) mass is 1170 g/mol. The van der Waals surface area contributed by atoms with Gasteiger partial charge in [0.05, 0.1) is 45.7 Å². The third-order valence-electron chi connectivity index (χ3n) is 13.8. The summed E-state index contributed by atoms with van der Waals surface area (Å²) in [6, 6.07) is 0. The SMILES string of the molecule is CCC1O[C@@H](OC2[C@H](OCC3O[C@@H](OCC4O[C@@H](OCCCC(=O)NN)C(O)[C@@H](O[C@@H]5OC(CO)[C@H](O)[C@H](O)C5O[C@@H]5OC(COP(=O)(O)O)[C@H](O)[C@H](O)C5O)[C@H]4O)C(O)[C@@H](O)[C@H]3O)OC(CO)[C@H](O)[C@@H]2O)C(O)[C@@H](O)[C@H]1O. The summed E-state index contributed by atoms with van der Waals surface area (Å²) in [6.07, 6.45) is -57.4. The summed E-state index contributed by atoms with van der Waals surface area (Å²) >= 11 is 0. The number of hydrogen-bond donors (Lipinski definition) is 21. The van der Waals surface area contributed by atoms with Crippen molar-refractivity contribution < 1.29 is 167 Å². The van der Waals surface area contributed by atoms with Crippen molar-refractivity contribution in [1.82, 2.24) is 5.43 Å². The Hall–Kier alpha value is -1.62. The van der Waals surface area contributed by atoms with Crippen LogP contribution in [0.1, 0.15) is 26.2 Å². The van der Waals surface area contributed by atoms with Gasteiger partial charge in [-0.1, -0.05) is 6.92 Å². The van der Waals surface area contributed by atoms with E-state index in [-0.39, 0.29) is 25.9 Å². The molecule has 6 heterocycles. The molecule has 78 heavy (non-hydrogen) atoms. The molecule has 30 atom stereocenters. The Kier molecular flexibility index (Phi) is 24.2. The number of hydrogen-bond acceptors (Lipinski definition) is 33. The maximum atomic E-state index is 11.8. The van der Waals surface area contributed by atoms with Crippen LogP contribution in [0.25, 0.3) is 0 Å². The fourth-order valence-corrected chi connectivity index (χ4v) is 9.57. The average Bonchev–Trinajstić information content (AvgIpc) is 3.41. The normalized spacial score (nSPS) is 47.7. The second-order valence-electron chi connectivity index (χ2n) is 19.2. The van der Waals surface area contributed by atoms with Gasteiger partial charge in [-0.3, -0.25) is 14.7 Å². The molecule has 0 aromatic rings. The largest absolute Gasteiger partial charge is 0.469 e. The molecule has 0 aliphatic carbocycles. The van der Waals surface area contributed by atoms with Crippen molar-refractivity contribution in [3.05, 3.63) is 0 Å². The molecule has 0 bridgehead atoms. The minimum atomic E-state index is -5.20. The van der Waals surface area contributed by atoms with Crippen LogP contribution < -0.4 is 11.3 Å². The lowest BCUT2D eigenvalue weighted by molar-refractivity contribution is -0.391. The third-order valence-corrected chi connectivity index (χ3v) is 14.3. The van der Waals surface area contributed by atoms with Crippen molar-refractivity contribution in [2.45, 2.75) is 210 Å². The smallest absolute Gasteiger partial charge is 0.394 e. The van der Waals surface area contributed by atoms with Gasteiger partial charge in [-0.25, -0.2) is 10.4 Å². The number of phosphoric ester groups is 1. The van der Waals surface area contributed by atoms with E-state index in [9.17, 15) is 106 Å². The molecule has 1 amide bonds. The summed E-state index contributed by atoms with van der Waals surface area (Å²) in [6.45, 7) is -3.50. The molecule has 6 aliphatic heterocycles. The molecule has 0 aromatic carbocycles. The number of aliphatic hydroxyl groups is 17. The first-order valence-corrected chi connectivity index (χ1v) is 26.2. The number of rotatable bonds is 23. The number of nitrogens with two attached hydrogens (primary N) is 1. The van der Waals surface area contributed by atoms with Crippen LogP contribution in [0.15, 0.2) is 0 Å². The highest BCUT2D eigenvalue weighted by molar-refractivity contribution is 7.46. The zero-order valence-electron chi connectivity index (χ0n) is 41.3. The molecule has 6 fully saturated rings. The number of amides is 1. The zero-order valence-corrected chi connectivity index (χ0v) is 42.2. The van der Waals surface area contributed by atoms with Gasteiger partial charge in [0, 0.05) is 6.42 Å². The van der Waals surface area contributed by atoms with Gasteiger partial charge in [0.1, 0.15) is 140 Å². The summed E-state index contributed by atoms with van der Waals surface area (Å²) < 4.78 is 84.1. The summed E-state index contributed by atoms with van der Waals surface area (Å²) in [4.78, 5) is 30.2. The number of hydrazine groups is 1. The first-order chi connectivity index (χ1) is 36.8. The first kappa shape index (κ1) is 65.5. The lowest BCUT2D eigenvalue weighted by atomic mass is 9.96. The summed E-state index contributed by atoms with van der Waals surface area (Å²) in [5.74, 6) is 4.52. The second kappa shape index (κ2) is 28.8. The third kappa shape index (κ3) is 15.4. The van der Waals surface area contributed by atoms with E-state index in [2.05, 4.69) is 4.52 Å². The summed E-state index contributed by atoms with van der Waals surface area (Å²) in [5.41, 5.74) is 1.91. The highest BCUT2D eigenvalue weighted by Gasteiger charge is 2.56. The fourth-order valence-electron chi connectivity index (χ4n) is 9.23. The highest BCUT2D eigenvalue weighted by Crippen LogP contribution is 2.39. The molecular weight excluding hydrogens is 1100 g/mol. The maximum absolute atomic E-state index is 11.8. The Balaban J connectivity index is 1.19. The lowest BCUT2D eigenvalue weighted by Crippen LogP contribution is -2.67. The molecule has 37 heteroatoms. The van der Waals surface area contributed by atoms with E-state index >= 15 is 0 Å². The van der Waals surface area contributed by atoms with Gasteiger partial charge in [-0.15, -0.1) is 0 Å². The van der Waals surface area contributed by atoms with Crippen molar-refractivity contribution in [3.8, 4) is 0 Å². The van der Waals surface area contributed by atoms with Gasteiger partial charge in [-0.2, -0.15) is 0 Å². The van der Waals surface area contributed by atoms with Gasteiger partial charge < -0.3 is 153 Å². The molecule has 6 rings (SSSR count). The Labute approximate surface area is 441 Å². The summed E-state index contributed by atoms with van der Waals surface area (Å²) in [5, 5.41) is 183. The van der Waals surface area contributed by atoms with E-state index in [0.29, 0.717) is 0 Å². The van der Waals surface area contributed by atoms with Gasteiger partial charge >= 0.3 is 7.82 Å². The van der Waals surface area contributed by atoms with Crippen molar-refractivity contribution >= 4 is 13.7 Å². The van der Waals surface area contributed by atoms with E-state index in [4.69, 9.17) is 62.7 Å². The number of phosphoric acid groups is 1. The quantitative estimate of drug-likeness (QED) is 0.0148. The van der Waals surface area contributed by atoms with Gasteiger partial charge in [0.2, 0.25) is 5.91 Å². The lowest BCUT2D eigenvalue weighted by Gasteiger charge is -2.48.